The van der Waals surface area contributed by atoms with E-state index >= 15 is 0 Å². The van der Waals surface area contributed by atoms with Gasteiger partial charge in [-0.3, -0.25) is 15.0 Å². The lowest BCUT2D eigenvalue weighted by Crippen LogP contribution is -2.33. The Morgan fingerprint density at radius 3 is 2.97 bits per heavy atom. The Hall–Kier alpha value is -2.26. The molecule has 3 rings (SSSR count). The van der Waals surface area contributed by atoms with Gasteiger partial charge in [-0.2, -0.15) is 8.78 Å². The fourth-order valence-electron chi connectivity index (χ4n) is 3.38. The number of piperidine rings is 1. The Bertz CT molecular complexity index is 831. The second kappa shape index (κ2) is 9.98. The van der Waals surface area contributed by atoms with Crippen molar-refractivity contribution in [2.45, 2.75) is 39.8 Å². The highest BCUT2D eigenvalue weighted by molar-refractivity contribution is 7.13. The van der Waals surface area contributed by atoms with Crippen molar-refractivity contribution in [3.05, 3.63) is 34.8 Å². The molecule has 2 aromatic rings. The van der Waals surface area contributed by atoms with Crippen LogP contribution in [0.3, 0.4) is 0 Å². The van der Waals surface area contributed by atoms with E-state index in [1.54, 1.807) is 6.92 Å². The summed E-state index contributed by atoms with van der Waals surface area (Å²) in [4.78, 5) is 19.4. The van der Waals surface area contributed by atoms with Crippen molar-refractivity contribution >= 4 is 22.4 Å². The van der Waals surface area contributed by atoms with Crippen molar-refractivity contribution in [3.63, 3.8) is 0 Å². The second-order valence-electron chi connectivity index (χ2n) is 7.05. The normalized spacial score (nSPS) is 17.3. The van der Waals surface area contributed by atoms with E-state index in [2.05, 4.69) is 26.9 Å². The maximum absolute atomic E-state index is 12.5. The van der Waals surface area contributed by atoms with E-state index in [9.17, 15) is 13.6 Å². The van der Waals surface area contributed by atoms with Crippen molar-refractivity contribution in [2.75, 3.05) is 25.0 Å². The van der Waals surface area contributed by atoms with Crippen LogP contribution in [-0.2, 0) is 6.54 Å². The number of aromatic nitrogens is 1. The Balaban J connectivity index is 1.64. The van der Waals surface area contributed by atoms with E-state index in [-0.39, 0.29) is 29.6 Å². The third-order valence-electron chi connectivity index (χ3n) is 4.62. The fourth-order valence-corrected chi connectivity index (χ4v) is 4.07. The van der Waals surface area contributed by atoms with Crippen molar-refractivity contribution in [1.82, 2.24) is 9.88 Å². The van der Waals surface area contributed by atoms with Crippen LogP contribution in [0.1, 0.15) is 42.7 Å². The predicted molar refractivity (Wildman–Crippen MR) is 108 cm³/mol. The van der Waals surface area contributed by atoms with Gasteiger partial charge in [0.25, 0.3) is 5.91 Å². The molecule has 0 aliphatic carbocycles. The number of rotatable bonds is 8. The highest BCUT2D eigenvalue weighted by Crippen LogP contribution is 2.30. The summed E-state index contributed by atoms with van der Waals surface area (Å²) in [6, 6.07) is 4.11. The third-order valence-corrected chi connectivity index (χ3v) is 5.43. The molecule has 1 saturated heterocycles. The first-order valence-electron chi connectivity index (χ1n) is 9.64. The lowest BCUT2D eigenvalue weighted by Gasteiger charge is -2.30. The summed E-state index contributed by atoms with van der Waals surface area (Å²) in [5.41, 5.74) is 1.20. The first-order chi connectivity index (χ1) is 13.9. The van der Waals surface area contributed by atoms with E-state index < -0.39 is 6.61 Å². The maximum Gasteiger partial charge on any atom is 0.387 e. The number of likely N-dealkylation sites (tertiary alicyclic amines) is 1. The minimum Gasteiger partial charge on any atom is -0.490 e. The highest BCUT2D eigenvalue weighted by Gasteiger charge is 2.18. The van der Waals surface area contributed by atoms with Crippen LogP contribution in [0.2, 0.25) is 0 Å². The first-order valence-corrected chi connectivity index (χ1v) is 10.5. The van der Waals surface area contributed by atoms with Gasteiger partial charge in [-0.25, -0.2) is 4.98 Å². The van der Waals surface area contributed by atoms with Crippen LogP contribution in [0.5, 0.6) is 11.5 Å². The quantitative estimate of drug-likeness (QED) is 0.668. The van der Waals surface area contributed by atoms with Gasteiger partial charge in [0.15, 0.2) is 16.6 Å². The van der Waals surface area contributed by atoms with Crippen LogP contribution >= 0.6 is 11.3 Å². The molecule has 1 amide bonds. The Labute approximate surface area is 172 Å². The van der Waals surface area contributed by atoms with E-state index in [1.165, 1.54) is 42.4 Å². The second-order valence-corrected chi connectivity index (χ2v) is 7.91. The van der Waals surface area contributed by atoms with Crippen molar-refractivity contribution < 1.29 is 23.0 Å². The minimum atomic E-state index is -2.97. The monoisotopic (exact) mass is 425 g/mol. The predicted octanol–water partition coefficient (Wildman–Crippen LogP) is 4.63. The minimum absolute atomic E-state index is 0.0968. The molecule has 0 spiro atoms. The molecule has 158 valence electrons. The molecule has 1 atom stereocenters. The van der Waals surface area contributed by atoms with Crippen molar-refractivity contribution in [1.29, 1.82) is 0 Å². The number of ether oxygens (including phenoxy) is 2. The van der Waals surface area contributed by atoms with Crippen LogP contribution in [0.15, 0.2) is 23.6 Å². The number of carbonyl (C=O) groups excluding carboxylic acids is 1. The summed E-state index contributed by atoms with van der Waals surface area (Å²) in [5, 5.41) is 5.21. The van der Waals surface area contributed by atoms with Crippen LogP contribution in [0, 0.1) is 5.92 Å². The number of anilines is 1. The number of hydrogen-bond acceptors (Lipinski definition) is 6. The Morgan fingerprint density at radius 2 is 2.24 bits per heavy atom. The van der Waals surface area contributed by atoms with Gasteiger partial charge in [-0.05, 0) is 50.4 Å². The maximum atomic E-state index is 12.5. The summed E-state index contributed by atoms with van der Waals surface area (Å²) >= 11 is 1.36. The molecule has 1 N–H and O–H groups in total. The smallest absolute Gasteiger partial charge is 0.387 e. The number of halogens is 2. The molecule has 1 aromatic carbocycles. The molecule has 29 heavy (non-hydrogen) atoms. The van der Waals surface area contributed by atoms with E-state index in [0.29, 0.717) is 11.0 Å². The molecular weight excluding hydrogens is 400 g/mol. The highest BCUT2D eigenvalue weighted by atomic mass is 32.1. The summed E-state index contributed by atoms with van der Waals surface area (Å²) in [6.07, 6.45) is 2.46. The van der Waals surface area contributed by atoms with Gasteiger partial charge in [0.2, 0.25) is 0 Å². The molecule has 9 heteroatoms. The Kier molecular flexibility index (Phi) is 7.38. The summed E-state index contributed by atoms with van der Waals surface area (Å²) in [7, 11) is 0. The average Bonchev–Trinajstić information content (AvgIpc) is 3.09. The van der Waals surface area contributed by atoms with Gasteiger partial charge in [0.1, 0.15) is 0 Å². The van der Waals surface area contributed by atoms with Crippen LogP contribution in [0.25, 0.3) is 0 Å². The molecule has 0 saturated carbocycles. The molecule has 1 aromatic heterocycles. The number of nitrogens with zero attached hydrogens (tertiary/aromatic N) is 2. The molecular formula is C20H25F2N3O3S. The van der Waals surface area contributed by atoms with E-state index in [1.807, 2.05) is 5.38 Å². The zero-order chi connectivity index (χ0) is 20.8. The molecule has 6 nitrogen and oxygen atoms in total. The number of thiazole rings is 1. The summed E-state index contributed by atoms with van der Waals surface area (Å²) < 4.78 is 34.8. The van der Waals surface area contributed by atoms with Gasteiger partial charge in [0.05, 0.1) is 12.3 Å². The van der Waals surface area contributed by atoms with Crippen LogP contribution < -0.4 is 14.8 Å². The van der Waals surface area contributed by atoms with Gasteiger partial charge < -0.3 is 9.47 Å². The lowest BCUT2D eigenvalue weighted by atomic mass is 10.0. The van der Waals surface area contributed by atoms with E-state index in [0.717, 1.165) is 25.3 Å². The number of hydrogen-bond donors (Lipinski definition) is 1. The zero-order valence-electron chi connectivity index (χ0n) is 16.5. The Morgan fingerprint density at radius 1 is 1.41 bits per heavy atom. The standard InChI is InChI=1S/C20H25F2N3O3S/c1-3-27-17-9-14(6-7-16(17)28-19(21)22)18(26)24-20-23-15(12-29-20)11-25-8-4-5-13(2)10-25/h6-7,9,12-13,19H,3-5,8,10-11H2,1-2H3,(H,23,24,26). The lowest BCUT2D eigenvalue weighted by molar-refractivity contribution is -0.0514. The van der Waals surface area contributed by atoms with Crippen LogP contribution in [-0.4, -0.2) is 42.1 Å². The van der Waals surface area contributed by atoms with Gasteiger partial charge >= 0.3 is 6.61 Å². The van der Waals surface area contributed by atoms with Crippen molar-refractivity contribution in [2.24, 2.45) is 5.92 Å². The van der Waals surface area contributed by atoms with Crippen LogP contribution in [0.4, 0.5) is 13.9 Å². The van der Waals surface area contributed by atoms with Crippen molar-refractivity contribution in [3.8, 4) is 11.5 Å². The number of alkyl halides is 2. The number of nitrogens with one attached hydrogen (secondary N) is 1. The molecule has 0 bridgehead atoms. The summed E-state index contributed by atoms with van der Waals surface area (Å²) in [6.45, 7) is 4.17. The SMILES string of the molecule is CCOc1cc(C(=O)Nc2nc(CN3CCCC(C)C3)cs2)ccc1OC(F)F. The molecule has 1 aliphatic heterocycles. The van der Waals surface area contributed by atoms with Gasteiger partial charge in [-0.15, -0.1) is 11.3 Å². The van der Waals surface area contributed by atoms with Gasteiger partial charge in [-0.1, -0.05) is 6.92 Å². The molecule has 0 radical (unpaired) electrons. The zero-order valence-corrected chi connectivity index (χ0v) is 17.3. The summed E-state index contributed by atoms with van der Waals surface area (Å²) in [5.74, 6) is 0.297. The number of carbonyl (C=O) groups is 1. The number of amides is 1. The molecule has 2 heterocycles. The molecule has 1 fully saturated rings. The molecule has 1 unspecified atom stereocenters. The third kappa shape index (κ3) is 6.11. The molecule has 1 aliphatic rings. The first kappa shape index (κ1) is 21.4. The fraction of sp³-hybridized carbons (Fsp3) is 0.500. The average molecular weight is 426 g/mol. The van der Waals surface area contributed by atoms with E-state index in [4.69, 9.17) is 4.74 Å². The largest absolute Gasteiger partial charge is 0.490 e. The van der Waals surface area contributed by atoms with Gasteiger partial charge in [0, 0.05) is 24.0 Å². The number of benzene rings is 1. The topological polar surface area (TPSA) is 63.7 Å².